The molecule has 3 aliphatic rings. The standard InChI is InChI=1S/C28H20BrClN2O4/c1-36-22-12-10-16(13-19(22)29)26(33)25-24-23(21-11-9-15-5-2-3-8-20(15)32(21)25)27(34)31(28(24)35)18-7-4-6-17(30)14-18/h2-14,21,23-25H,1H3/t21-,23+,24+,25-/m0/s1. The van der Waals surface area contributed by atoms with Gasteiger partial charge in [-0.3, -0.25) is 14.4 Å². The molecule has 2 saturated heterocycles. The molecule has 3 aromatic carbocycles. The van der Waals surface area contributed by atoms with Gasteiger partial charge >= 0.3 is 0 Å². The molecule has 0 saturated carbocycles. The molecule has 3 heterocycles. The Morgan fingerprint density at radius 2 is 1.75 bits per heavy atom. The summed E-state index contributed by atoms with van der Waals surface area (Å²) in [6, 6.07) is 18.2. The van der Waals surface area contributed by atoms with Crippen molar-refractivity contribution in [2.24, 2.45) is 11.8 Å². The summed E-state index contributed by atoms with van der Waals surface area (Å²) >= 11 is 9.63. The summed E-state index contributed by atoms with van der Waals surface area (Å²) in [5, 5.41) is 0.425. The van der Waals surface area contributed by atoms with Gasteiger partial charge in [0, 0.05) is 16.3 Å². The van der Waals surface area contributed by atoms with Crippen LogP contribution in [0.2, 0.25) is 5.02 Å². The number of amides is 2. The van der Waals surface area contributed by atoms with E-state index in [1.54, 1.807) is 49.6 Å². The van der Waals surface area contributed by atoms with E-state index in [0.29, 0.717) is 26.5 Å². The molecule has 3 aliphatic heterocycles. The quantitative estimate of drug-likeness (QED) is 0.315. The van der Waals surface area contributed by atoms with Crippen LogP contribution in [0.25, 0.3) is 6.08 Å². The summed E-state index contributed by atoms with van der Waals surface area (Å²) in [5.74, 6) is -1.88. The maximum absolute atomic E-state index is 14.1. The Hall–Kier alpha value is -3.42. The van der Waals surface area contributed by atoms with E-state index >= 15 is 0 Å². The van der Waals surface area contributed by atoms with Gasteiger partial charge in [0.25, 0.3) is 0 Å². The Balaban J connectivity index is 1.49. The number of carbonyl (C=O) groups is 3. The molecule has 6 rings (SSSR count). The van der Waals surface area contributed by atoms with E-state index in [0.717, 1.165) is 11.3 Å². The zero-order valence-electron chi connectivity index (χ0n) is 19.1. The largest absolute Gasteiger partial charge is 0.496 e. The molecule has 0 radical (unpaired) electrons. The Bertz CT molecular complexity index is 1470. The van der Waals surface area contributed by atoms with Crippen molar-refractivity contribution in [3.8, 4) is 5.75 Å². The molecule has 36 heavy (non-hydrogen) atoms. The number of benzene rings is 3. The van der Waals surface area contributed by atoms with E-state index < -0.39 is 29.8 Å². The number of nitrogens with zero attached hydrogens (tertiary/aromatic N) is 2. The number of para-hydroxylation sites is 1. The maximum Gasteiger partial charge on any atom is 0.240 e. The van der Waals surface area contributed by atoms with Crippen molar-refractivity contribution in [3.63, 3.8) is 0 Å². The van der Waals surface area contributed by atoms with Gasteiger partial charge in [-0.05, 0) is 64.0 Å². The lowest BCUT2D eigenvalue weighted by Crippen LogP contribution is -2.48. The lowest BCUT2D eigenvalue weighted by atomic mass is 9.86. The van der Waals surface area contributed by atoms with Crippen LogP contribution >= 0.6 is 27.5 Å². The lowest BCUT2D eigenvalue weighted by Gasteiger charge is -2.36. The third-order valence-corrected chi connectivity index (χ3v) is 8.04. The van der Waals surface area contributed by atoms with Crippen LogP contribution in [0.1, 0.15) is 15.9 Å². The summed E-state index contributed by atoms with van der Waals surface area (Å²) in [4.78, 5) is 45.0. The molecule has 0 spiro atoms. The van der Waals surface area contributed by atoms with Crippen molar-refractivity contribution in [3.05, 3.63) is 93.4 Å². The van der Waals surface area contributed by atoms with Gasteiger partial charge in [0.2, 0.25) is 11.8 Å². The van der Waals surface area contributed by atoms with Crippen LogP contribution in [-0.2, 0) is 9.59 Å². The van der Waals surface area contributed by atoms with Gasteiger partial charge in [-0.15, -0.1) is 0 Å². The van der Waals surface area contributed by atoms with Crippen LogP contribution in [0.15, 0.2) is 77.3 Å². The van der Waals surface area contributed by atoms with E-state index in [-0.39, 0.29) is 11.7 Å². The Kier molecular flexibility index (Phi) is 5.50. The number of methoxy groups -OCH3 is 1. The molecule has 0 N–H and O–H groups in total. The number of rotatable bonds is 4. The van der Waals surface area contributed by atoms with Gasteiger partial charge in [0.05, 0.1) is 35.1 Å². The highest BCUT2D eigenvalue weighted by atomic mass is 79.9. The molecule has 180 valence electrons. The topological polar surface area (TPSA) is 66.9 Å². The molecule has 8 heteroatoms. The van der Waals surface area contributed by atoms with Crippen LogP contribution < -0.4 is 14.5 Å². The second-order valence-corrected chi connectivity index (χ2v) is 10.3. The highest BCUT2D eigenvalue weighted by Gasteiger charge is 2.64. The van der Waals surface area contributed by atoms with Gasteiger partial charge in [0.1, 0.15) is 11.8 Å². The third-order valence-electron chi connectivity index (χ3n) is 7.19. The van der Waals surface area contributed by atoms with Gasteiger partial charge in [-0.25, -0.2) is 4.90 Å². The van der Waals surface area contributed by atoms with Crippen molar-refractivity contribution in [2.75, 3.05) is 16.9 Å². The minimum absolute atomic E-state index is 0.227. The zero-order chi connectivity index (χ0) is 25.1. The van der Waals surface area contributed by atoms with Crippen LogP contribution in [0.5, 0.6) is 5.75 Å². The minimum atomic E-state index is -0.855. The van der Waals surface area contributed by atoms with Gasteiger partial charge < -0.3 is 9.64 Å². The summed E-state index contributed by atoms with van der Waals surface area (Å²) in [7, 11) is 1.55. The number of ether oxygens (including phenoxy) is 1. The van der Waals surface area contributed by atoms with Crippen LogP contribution in [0.4, 0.5) is 11.4 Å². The fraction of sp³-hybridized carbons (Fsp3) is 0.179. The molecule has 2 fully saturated rings. The molecule has 6 nitrogen and oxygen atoms in total. The lowest BCUT2D eigenvalue weighted by molar-refractivity contribution is -0.122. The van der Waals surface area contributed by atoms with E-state index in [9.17, 15) is 14.4 Å². The summed E-state index contributed by atoms with van der Waals surface area (Å²) in [6.07, 6.45) is 3.90. The molecular formula is C28H20BrClN2O4. The van der Waals surface area contributed by atoms with Gasteiger partial charge in [-0.1, -0.05) is 48.0 Å². The van der Waals surface area contributed by atoms with Crippen LogP contribution in [-0.4, -0.2) is 36.8 Å². The number of hydrogen-bond acceptors (Lipinski definition) is 5. The van der Waals surface area contributed by atoms with Crippen molar-refractivity contribution < 1.29 is 19.1 Å². The zero-order valence-corrected chi connectivity index (χ0v) is 21.4. The predicted molar refractivity (Wildman–Crippen MR) is 141 cm³/mol. The number of ketones is 1. The molecule has 0 aliphatic carbocycles. The second kappa shape index (κ2) is 8.61. The first-order chi connectivity index (χ1) is 17.4. The van der Waals surface area contributed by atoms with Crippen molar-refractivity contribution >= 4 is 62.6 Å². The van der Waals surface area contributed by atoms with Crippen LogP contribution in [0.3, 0.4) is 0 Å². The van der Waals surface area contributed by atoms with E-state index in [1.165, 1.54) is 4.90 Å². The van der Waals surface area contributed by atoms with Crippen molar-refractivity contribution in [1.29, 1.82) is 0 Å². The number of fused-ring (bicyclic) bond motifs is 5. The normalized spacial score (nSPS) is 24.0. The Labute approximate surface area is 221 Å². The monoisotopic (exact) mass is 562 g/mol. The Morgan fingerprint density at radius 3 is 2.50 bits per heavy atom. The van der Waals surface area contributed by atoms with E-state index in [4.69, 9.17) is 16.3 Å². The number of halogens is 2. The van der Waals surface area contributed by atoms with Crippen molar-refractivity contribution in [1.82, 2.24) is 0 Å². The summed E-state index contributed by atoms with van der Waals surface area (Å²) in [5.41, 5.74) is 2.62. The summed E-state index contributed by atoms with van der Waals surface area (Å²) < 4.78 is 5.95. The van der Waals surface area contributed by atoms with Gasteiger partial charge in [0.15, 0.2) is 5.78 Å². The Morgan fingerprint density at radius 1 is 0.972 bits per heavy atom. The molecular weight excluding hydrogens is 544 g/mol. The number of Topliss-reactive ketones (excluding diaryl/α,β-unsaturated/α-hetero) is 1. The predicted octanol–water partition coefficient (Wildman–Crippen LogP) is 5.38. The first-order valence-electron chi connectivity index (χ1n) is 11.5. The molecule has 4 atom stereocenters. The fourth-order valence-corrected chi connectivity index (χ4v) is 6.40. The van der Waals surface area contributed by atoms with Crippen molar-refractivity contribution in [2.45, 2.75) is 12.1 Å². The minimum Gasteiger partial charge on any atom is -0.496 e. The SMILES string of the molecule is COc1ccc(C(=O)[C@@H]2[C@@H]3C(=O)N(c4cccc(Cl)c4)C(=O)[C@@H]3[C@@H]3C=Cc4ccccc4N23)cc1Br. The number of imide groups is 1. The highest BCUT2D eigenvalue weighted by molar-refractivity contribution is 9.10. The third kappa shape index (κ3) is 3.33. The average molecular weight is 564 g/mol. The number of hydrogen-bond donors (Lipinski definition) is 0. The highest BCUT2D eigenvalue weighted by Crippen LogP contribution is 2.50. The first kappa shape index (κ1) is 23.0. The molecule has 0 bridgehead atoms. The van der Waals surface area contributed by atoms with E-state index in [1.807, 2.05) is 41.3 Å². The first-order valence-corrected chi connectivity index (χ1v) is 12.6. The second-order valence-electron chi connectivity index (χ2n) is 9.02. The number of anilines is 2. The fourth-order valence-electron chi connectivity index (χ4n) is 5.67. The van der Waals surface area contributed by atoms with Crippen LogP contribution in [0, 0.1) is 11.8 Å². The molecule has 0 aromatic heterocycles. The molecule has 0 unspecified atom stereocenters. The van der Waals surface area contributed by atoms with E-state index in [2.05, 4.69) is 15.9 Å². The molecule has 2 amide bonds. The number of carbonyl (C=O) groups excluding carboxylic acids is 3. The maximum atomic E-state index is 14.1. The van der Waals surface area contributed by atoms with Gasteiger partial charge in [-0.2, -0.15) is 0 Å². The average Bonchev–Trinajstić information content (AvgIpc) is 3.36. The molecule has 3 aromatic rings. The smallest absolute Gasteiger partial charge is 0.240 e. The summed E-state index contributed by atoms with van der Waals surface area (Å²) in [6.45, 7) is 0.